The summed E-state index contributed by atoms with van der Waals surface area (Å²) in [5.74, 6) is 1.31. The number of sulfonamides is 1. The summed E-state index contributed by atoms with van der Waals surface area (Å²) in [7, 11) is -3.39. The minimum atomic E-state index is -3.39. The van der Waals surface area contributed by atoms with Gasteiger partial charge in [0.2, 0.25) is 10.0 Å². The predicted octanol–water partition coefficient (Wildman–Crippen LogP) is 1.36. The minimum absolute atomic E-state index is 0.0336. The summed E-state index contributed by atoms with van der Waals surface area (Å²) in [5, 5.41) is 4.65. The van der Waals surface area contributed by atoms with Crippen LogP contribution in [0.4, 0.5) is 5.82 Å². The van der Waals surface area contributed by atoms with Crippen molar-refractivity contribution >= 4 is 27.4 Å². The average Bonchev–Trinajstić information content (AvgIpc) is 3.25. The van der Waals surface area contributed by atoms with E-state index in [2.05, 4.69) is 20.1 Å². The van der Waals surface area contributed by atoms with Gasteiger partial charge in [0.25, 0.3) is 0 Å². The van der Waals surface area contributed by atoms with E-state index in [1.54, 1.807) is 35.3 Å². The molecule has 9 nitrogen and oxygen atoms in total. The number of halogens is 1. The standard InChI is InChI=1S/C17H18ClN7O2S/c18-15-3-1-14(2-4-15)10-28(26,27)24-7-5-23(6-8-24)16-9-17(21-12-20-16)25-13-19-11-22-25/h1-4,9,11-13H,5-8,10H2. The van der Waals surface area contributed by atoms with Crippen LogP contribution in [0.15, 0.2) is 49.3 Å². The third-order valence-electron chi connectivity index (χ3n) is 4.51. The molecule has 0 unspecified atom stereocenters. The van der Waals surface area contributed by atoms with Crippen molar-refractivity contribution in [2.45, 2.75) is 5.75 Å². The Morgan fingerprint density at radius 3 is 2.36 bits per heavy atom. The molecule has 3 aromatic rings. The molecule has 1 aliphatic heterocycles. The SMILES string of the molecule is O=S(=O)(Cc1ccc(Cl)cc1)N1CCN(c2cc(-n3cncn3)ncn2)CC1. The van der Waals surface area contributed by atoms with Crippen molar-refractivity contribution in [3.63, 3.8) is 0 Å². The van der Waals surface area contributed by atoms with Crippen LogP contribution in [-0.2, 0) is 15.8 Å². The molecule has 0 amide bonds. The Bertz CT molecular complexity index is 1030. The maximum atomic E-state index is 12.7. The highest BCUT2D eigenvalue weighted by atomic mass is 35.5. The lowest BCUT2D eigenvalue weighted by Gasteiger charge is -2.34. The van der Waals surface area contributed by atoms with Crippen LogP contribution in [0.3, 0.4) is 0 Å². The number of aromatic nitrogens is 5. The van der Waals surface area contributed by atoms with E-state index in [1.807, 2.05) is 11.0 Å². The van der Waals surface area contributed by atoms with Gasteiger partial charge in [-0.1, -0.05) is 23.7 Å². The molecule has 28 heavy (non-hydrogen) atoms. The topological polar surface area (TPSA) is 97.1 Å². The van der Waals surface area contributed by atoms with E-state index in [1.165, 1.54) is 17.0 Å². The van der Waals surface area contributed by atoms with Gasteiger partial charge in [-0.25, -0.2) is 28.1 Å². The van der Waals surface area contributed by atoms with Crippen molar-refractivity contribution in [3.05, 3.63) is 59.9 Å². The van der Waals surface area contributed by atoms with E-state index in [0.717, 1.165) is 11.4 Å². The summed E-state index contributed by atoms with van der Waals surface area (Å²) >= 11 is 5.86. The molecule has 0 bridgehead atoms. The molecule has 1 aliphatic rings. The van der Waals surface area contributed by atoms with E-state index in [-0.39, 0.29) is 5.75 Å². The van der Waals surface area contributed by atoms with Gasteiger partial charge in [0.1, 0.15) is 24.8 Å². The number of piperazine rings is 1. The fourth-order valence-electron chi connectivity index (χ4n) is 3.04. The van der Waals surface area contributed by atoms with Gasteiger partial charge in [0, 0.05) is 37.3 Å². The number of rotatable bonds is 5. The second-order valence-electron chi connectivity index (χ2n) is 6.34. The van der Waals surface area contributed by atoms with Gasteiger partial charge in [-0.05, 0) is 17.7 Å². The largest absolute Gasteiger partial charge is 0.354 e. The molecule has 0 spiro atoms. The second kappa shape index (κ2) is 7.82. The van der Waals surface area contributed by atoms with E-state index in [4.69, 9.17) is 11.6 Å². The fraction of sp³-hybridized carbons (Fsp3) is 0.294. The lowest BCUT2D eigenvalue weighted by molar-refractivity contribution is 0.383. The molecule has 4 rings (SSSR count). The average molecular weight is 420 g/mol. The summed E-state index contributed by atoms with van der Waals surface area (Å²) < 4.78 is 28.5. The highest BCUT2D eigenvalue weighted by Gasteiger charge is 2.27. The minimum Gasteiger partial charge on any atom is -0.354 e. The van der Waals surface area contributed by atoms with Crippen LogP contribution in [-0.4, -0.2) is 63.6 Å². The van der Waals surface area contributed by atoms with Gasteiger partial charge >= 0.3 is 0 Å². The maximum Gasteiger partial charge on any atom is 0.218 e. The Hall–Kier alpha value is -2.56. The van der Waals surface area contributed by atoms with E-state index >= 15 is 0 Å². The monoisotopic (exact) mass is 419 g/mol. The van der Waals surface area contributed by atoms with Crippen molar-refractivity contribution in [1.82, 2.24) is 29.0 Å². The normalized spacial score (nSPS) is 15.7. The third kappa shape index (κ3) is 4.13. The van der Waals surface area contributed by atoms with Gasteiger partial charge in [0.05, 0.1) is 5.75 Å². The Morgan fingerprint density at radius 2 is 1.68 bits per heavy atom. The van der Waals surface area contributed by atoms with Crippen LogP contribution >= 0.6 is 11.6 Å². The first-order valence-corrected chi connectivity index (χ1v) is 10.6. The molecule has 0 aliphatic carbocycles. The summed E-state index contributed by atoms with van der Waals surface area (Å²) in [5.41, 5.74) is 0.722. The zero-order valence-electron chi connectivity index (χ0n) is 14.9. The van der Waals surface area contributed by atoms with Crippen LogP contribution in [0, 0.1) is 0 Å². The maximum absolute atomic E-state index is 12.7. The van der Waals surface area contributed by atoms with E-state index < -0.39 is 10.0 Å². The quantitative estimate of drug-likeness (QED) is 0.615. The van der Waals surface area contributed by atoms with Crippen molar-refractivity contribution in [2.24, 2.45) is 0 Å². The van der Waals surface area contributed by atoms with Gasteiger partial charge in [-0.2, -0.15) is 9.40 Å². The number of benzene rings is 1. The molecule has 3 heterocycles. The molecule has 2 aromatic heterocycles. The van der Waals surface area contributed by atoms with Crippen molar-refractivity contribution < 1.29 is 8.42 Å². The van der Waals surface area contributed by atoms with Crippen molar-refractivity contribution in [3.8, 4) is 5.82 Å². The van der Waals surface area contributed by atoms with Crippen molar-refractivity contribution in [2.75, 3.05) is 31.1 Å². The van der Waals surface area contributed by atoms with E-state index in [0.29, 0.717) is 37.0 Å². The number of anilines is 1. The fourth-order valence-corrected chi connectivity index (χ4v) is 4.68. The number of nitrogens with zero attached hydrogens (tertiary/aromatic N) is 7. The third-order valence-corrected chi connectivity index (χ3v) is 6.61. The molecular weight excluding hydrogens is 402 g/mol. The number of hydrogen-bond acceptors (Lipinski definition) is 7. The molecule has 146 valence electrons. The van der Waals surface area contributed by atoms with Crippen LogP contribution < -0.4 is 4.90 Å². The molecular formula is C17H18ClN7O2S. The Labute approximate surface area is 167 Å². The number of hydrogen-bond donors (Lipinski definition) is 0. The summed E-state index contributed by atoms with van der Waals surface area (Å²) in [6, 6.07) is 8.69. The molecule has 1 saturated heterocycles. The zero-order valence-corrected chi connectivity index (χ0v) is 16.5. The zero-order chi connectivity index (χ0) is 19.6. The first-order chi connectivity index (χ1) is 13.5. The van der Waals surface area contributed by atoms with Gasteiger partial charge < -0.3 is 4.90 Å². The van der Waals surface area contributed by atoms with Crippen LogP contribution in [0.25, 0.3) is 5.82 Å². The van der Waals surface area contributed by atoms with Gasteiger partial charge in [0.15, 0.2) is 5.82 Å². The summed E-state index contributed by atoms with van der Waals surface area (Å²) in [6.07, 6.45) is 4.47. The Kier molecular flexibility index (Phi) is 5.25. The lowest BCUT2D eigenvalue weighted by Crippen LogP contribution is -2.49. The molecule has 1 fully saturated rings. The predicted molar refractivity (Wildman–Crippen MR) is 105 cm³/mol. The summed E-state index contributed by atoms with van der Waals surface area (Å²) in [4.78, 5) is 14.5. The first-order valence-electron chi connectivity index (χ1n) is 8.65. The Balaban J connectivity index is 1.42. The molecule has 0 saturated carbocycles. The molecule has 0 N–H and O–H groups in total. The smallest absolute Gasteiger partial charge is 0.218 e. The van der Waals surface area contributed by atoms with Crippen LogP contribution in [0.5, 0.6) is 0 Å². The molecule has 1 aromatic carbocycles. The molecule has 0 radical (unpaired) electrons. The van der Waals surface area contributed by atoms with Gasteiger partial charge in [-0.3, -0.25) is 0 Å². The molecule has 0 atom stereocenters. The van der Waals surface area contributed by atoms with Crippen LogP contribution in [0.2, 0.25) is 5.02 Å². The highest BCUT2D eigenvalue weighted by Crippen LogP contribution is 2.19. The first kappa shape index (κ1) is 18.8. The second-order valence-corrected chi connectivity index (χ2v) is 8.75. The highest BCUT2D eigenvalue weighted by molar-refractivity contribution is 7.88. The lowest BCUT2D eigenvalue weighted by atomic mass is 10.2. The molecule has 11 heteroatoms. The summed E-state index contributed by atoms with van der Waals surface area (Å²) in [6.45, 7) is 1.90. The Morgan fingerprint density at radius 1 is 0.964 bits per heavy atom. The van der Waals surface area contributed by atoms with Gasteiger partial charge in [-0.15, -0.1) is 0 Å². The van der Waals surface area contributed by atoms with E-state index in [9.17, 15) is 8.42 Å². The van der Waals surface area contributed by atoms with Crippen LogP contribution in [0.1, 0.15) is 5.56 Å². The van der Waals surface area contributed by atoms with Crippen molar-refractivity contribution in [1.29, 1.82) is 0 Å².